The van der Waals surface area contributed by atoms with Crippen molar-refractivity contribution in [3.05, 3.63) is 41.0 Å². The Kier molecular flexibility index (Phi) is 3.46. The SMILES string of the molecule is CCC(=O)/C(=C(/C)c1ccccc1C)C1CC1. The summed E-state index contributed by atoms with van der Waals surface area (Å²) >= 11 is 0. The van der Waals surface area contributed by atoms with Crippen molar-refractivity contribution in [2.45, 2.75) is 40.0 Å². The summed E-state index contributed by atoms with van der Waals surface area (Å²) in [6, 6.07) is 8.33. The van der Waals surface area contributed by atoms with Gasteiger partial charge in [0.05, 0.1) is 0 Å². The van der Waals surface area contributed by atoms with Gasteiger partial charge in [0.1, 0.15) is 0 Å². The van der Waals surface area contributed by atoms with Crippen LogP contribution in [0.15, 0.2) is 29.8 Å². The molecule has 90 valence electrons. The number of Topliss-reactive ketones (excluding diaryl/α,β-unsaturated/α-hetero) is 1. The highest BCUT2D eigenvalue weighted by molar-refractivity contribution is 6.03. The first-order chi connectivity index (χ1) is 8.15. The zero-order chi connectivity index (χ0) is 12.4. The summed E-state index contributed by atoms with van der Waals surface area (Å²) in [5.41, 5.74) is 4.77. The highest BCUT2D eigenvalue weighted by Crippen LogP contribution is 2.41. The molecule has 1 aliphatic carbocycles. The molecule has 0 bridgehead atoms. The first-order valence-electron chi connectivity index (χ1n) is 6.45. The Balaban J connectivity index is 2.47. The van der Waals surface area contributed by atoms with Crippen LogP contribution >= 0.6 is 0 Å². The number of carbonyl (C=O) groups is 1. The third-order valence-electron chi connectivity index (χ3n) is 3.56. The summed E-state index contributed by atoms with van der Waals surface area (Å²) in [5, 5.41) is 0. The van der Waals surface area contributed by atoms with Gasteiger partial charge in [0.2, 0.25) is 0 Å². The van der Waals surface area contributed by atoms with E-state index in [1.54, 1.807) is 0 Å². The number of aryl methyl sites for hydroxylation is 1. The molecule has 0 aromatic heterocycles. The number of allylic oxidation sites excluding steroid dienone is 2. The third kappa shape index (κ3) is 2.49. The predicted octanol–water partition coefficient (Wildman–Crippen LogP) is 4.16. The monoisotopic (exact) mass is 228 g/mol. The van der Waals surface area contributed by atoms with E-state index in [9.17, 15) is 4.79 Å². The van der Waals surface area contributed by atoms with E-state index in [0.717, 1.165) is 5.57 Å². The van der Waals surface area contributed by atoms with Crippen LogP contribution in [0.25, 0.3) is 5.57 Å². The van der Waals surface area contributed by atoms with E-state index in [0.29, 0.717) is 18.1 Å². The second-order valence-electron chi connectivity index (χ2n) is 4.90. The van der Waals surface area contributed by atoms with E-state index >= 15 is 0 Å². The Hall–Kier alpha value is -1.37. The number of hydrogen-bond acceptors (Lipinski definition) is 1. The second kappa shape index (κ2) is 4.87. The lowest BCUT2D eigenvalue weighted by molar-refractivity contribution is -0.115. The number of hydrogen-bond donors (Lipinski definition) is 0. The van der Waals surface area contributed by atoms with Crippen LogP contribution < -0.4 is 0 Å². The first kappa shape index (κ1) is 12.1. The molecule has 1 aromatic carbocycles. The van der Waals surface area contributed by atoms with Crippen molar-refractivity contribution in [1.29, 1.82) is 0 Å². The molecule has 0 unspecified atom stereocenters. The standard InChI is InChI=1S/C16H20O/c1-4-15(17)16(13-9-10-13)12(3)14-8-6-5-7-11(14)2/h5-8,13H,4,9-10H2,1-3H3/b16-12-. The number of benzene rings is 1. The van der Waals surface area contributed by atoms with Crippen LogP contribution in [0.4, 0.5) is 0 Å². The van der Waals surface area contributed by atoms with Crippen LogP contribution in [0.1, 0.15) is 44.2 Å². The van der Waals surface area contributed by atoms with Crippen molar-refractivity contribution >= 4 is 11.4 Å². The van der Waals surface area contributed by atoms with Gasteiger partial charge in [-0.3, -0.25) is 4.79 Å². The van der Waals surface area contributed by atoms with Gasteiger partial charge >= 0.3 is 0 Å². The Bertz CT molecular complexity index is 464. The van der Waals surface area contributed by atoms with E-state index in [4.69, 9.17) is 0 Å². The van der Waals surface area contributed by atoms with Crippen molar-refractivity contribution in [2.75, 3.05) is 0 Å². The van der Waals surface area contributed by atoms with Gasteiger partial charge in [-0.05, 0) is 49.3 Å². The van der Waals surface area contributed by atoms with Gasteiger partial charge in [-0.2, -0.15) is 0 Å². The minimum atomic E-state index is 0.327. The summed E-state index contributed by atoms with van der Waals surface area (Å²) in [5.74, 6) is 0.857. The average molecular weight is 228 g/mol. The molecular weight excluding hydrogens is 208 g/mol. The Morgan fingerprint density at radius 2 is 1.94 bits per heavy atom. The third-order valence-corrected chi connectivity index (χ3v) is 3.56. The summed E-state index contributed by atoms with van der Waals surface area (Å²) in [7, 11) is 0. The van der Waals surface area contributed by atoms with E-state index in [1.165, 1.54) is 29.5 Å². The van der Waals surface area contributed by atoms with Gasteiger partial charge in [0, 0.05) is 12.0 Å². The maximum atomic E-state index is 12.1. The predicted molar refractivity (Wildman–Crippen MR) is 71.8 cm³/mol. The molecule has 0 aliphatic heterocycles. The lowest BCUT2D eigenvalue weighted by Crippen LogP contribution is -2.06. The number of rotatable bonds is 4. The topological polar surface area (TPSA) is 17.1 Å². The van der Waals surface area contributed by atoms with Crippen LogP contribution in [0.3, 0.4) is 0 Å². The van der Waals surface area contributed by atoms with Gasteiger partial charge in [0.25, 0.3) is 0 Å². The fourth-order valence-electron chi connectivity index (χ4n) is 2.44. The molecule has 0 N–H and O–H groups in total. The normalized spacial score (nSPS) is 16.6. The smallest absolute Gasteiger partial charge is 0.159 e. The second-order valence-corrected chi connectivity index (χ2v) is 4.90. The molecule has 1 aliphatic rings. The van der Waals surface area contributed by atoms with Gasteiger partial charge in [0.15, 0.2) is 5.78 Å². The highest BCUT2D eigenvalue weighted by atomic mass is 16.1. The zero-order valence-corrected chi connectivity index (χ0v) is 10.9. The van der Waals surface area contributed by atoms with E-state index < -0.39 is 0 Å². The minimum absolute atomic E-state index is 0.327. The fraction of sp³-hybridized carbons (Fsp3) is 0.438. The van der Waals surface area contributed by atoms with Gasteiger partial charge in [-0.15, -0.1) is 0 Å². The summed E-state index contributed by atoms with van der Waals surface area (Å²) in [6.45, 7) is 6.17. The average Bonchev–Trinajstić information content (AvgIpc) is 3.14. The van der Waals surface area contributed by atoms with Crippen LogP contribution in [-0.4, -0.2) is 5.78 Å². The highest BCUT2D eigenvalue weighted by Gasteiger charge is 2.31. The van der Waals surface area contributed by atoms with Crippen LogP contribution in [0.2, 0.25) is 0 Å². The molecule has 2 rings (SSSR count). The van der Waals surface area contributed by atoms with E-state index in [2.05, 4.69) is 26.0 Å². The number of ketones is 1. The zero-order valence-electron chi connectivity index (χ0n) is 10.9. The minimum Gasteiger partial charge on any atom is -0.295 e. The molecule has 0 amide bonds. The van der Waals surface area contributed by atoms with Gasteiger partial charge in [-0.25, -0.2) is 0 Å². The van der Waals surface area contributed by atoms with Crippen molar-refractivity contribution in [2.24, 2.45) is 5.92 Å². The molecular formula is C16H20O. The molecule has 1 saturated carbocycles. The van der Waals surface area contributed by atoms with Gasteiger partial charge < -0.3 is 0 Å². The molecule has 0 saturated heterocycles. The van der Waals surface area contributed by atoms with Gasteiger partial charge in [-0.1, -0.05) is 31.2 Å². The van der Waals surface area contributed by atoms with Crippen molar-refractivity contribution in [3.63, 3.8) is 0 Å². The first-order valence-corrected chi connectivity index (χ1v) is 6.45. The van der Waals surface area contributed by atoms with E-state index in [-0.39, 0.29) is 0 Å². The van der Waals surface area contributed by atoms with Crippen molar-refractivity contribution < 1.29 is 4.79 Å². The van der Waals surface area contributed by atoms with E-state index in [1.807, 2.05) is 19.1 Å². The largest absolute Gasteiger partial charge is 0.295 e. The summed E-state index contributed by atoms with van der Waals surface area (Å²) < 4.78 is 0. The van der Waals surface area contributed by atoms with Crippen molar-refractivity contribution in [1.82, 2.24) is 0 Å². The molecule has 1 heteroatoms. The van der Waals surface area contributed by atoms with Crippen LogP contribution in [0.5, 0.6) is 0 Å². The maximum Gasteiger partial charge on any atom is 0.159 e. The molecule has 0 heterocycles. The van der Waals surface area contributed by atoms with Crippen LogP contribution in [0, 0.1) is 12.8 Å². The Morgan fingerprint density at radius 3 is 2.47 bits per heavy atom. The lowest BCUT2D eigenvalue weighted by atomic mass is 9.92. The molecule has 0 spiro atoms. The van der Waals surface area contributed by atoms with Crippen molar-refractivity contribution in [3.8, 4) is 0 Å². The fourth-order valence-corrected chi connectivity index (χ4v) is 2.44. The molecule has 0 radical (unpaired) electrons. The summed E-state index contributed by atoms with van der Waals surface area (Å²) in [6.07, 6.45) is 2.99. The molecule has 1 aromatic rings. The molecule has 1 fully saturated rings. The lowest BCUT2D eigenvalue weighted by Gasteiger charge is -2.12. The molecule has 17 heavy (non-hydrogen) atoms. The summed E-state index contributed by atoms with van der Waals surface area (Å²) in [4.78, 5) is 12.1. The Morgan fingerprint density at radius 1 is 1.29 bits per heavy atom. The quantitative estimate of drug-likeness (QED) is 0.707. The Labute approximate surface area is 104 Å². The molecule has 1 nitrogen and oxygen atoms in total. The maximum absolute atomic E-state index is 12.1. The van der Waals surface area contributed by atoms with Crippen LogP contribution in [-0.2, 0) is 4.79 Å². The number of carbonyl (C=O) groups excluding carboxylic acids is 1. The molecule has 0 atom stereocenters.